The number of pyridine rings is 1. The van der Waals surface area contributed by atoms with E-state index in [0.29, 0.717) is 23.1 Å². The zero-order chi connectivity index (χ0) is 16.4. The molecule has 1 aliphatic rings. The van der Waals surface area contributed by atoms with Crippen LogP contribution >= 0.6 is 11.6 Å². The molecule has 1 aliphatic heterocycles. The minimum atomic E-state index is -0.620. The van der Waals surface area contributed by atoms with Gasteiger partial charge in [-0.05, 0) is 24.8 Å². The van der Waals surface area contributed by atoms with Gasteiger partial charge < -0.3 is 9.88 Å². The summed E-state index contributed by atoms with van der Waals surface area (Å²) >= 11 is 6.17. The first-order chi connectivity index (χ1) is 11.1. The van der Waals surface area contributed by atoms with Crippen molar-refractivity contribution in [3.63, 3.8) is 0 Å². The maximum Gasteiger partial charge on any atom is 0.272 e. The van der Waals surface area contributed by atoms with Gasteiger partial charge in [0, 0.05) is 30.9 Å². The van der Waals surface area contributed by atoms with Crippen molar-refractivity contribution in [2.45, 2.75) is 26.2 Å². The molecular formula is C16H18ClFN4O. The molecule has 1 fully saturated rings. The van der Waals surface area contributed by atoms with Gasteiger partial charge in [0.15, 0.2) is 5.82 Å². The van der Waals surface area contributed by atoms with E-state index in [1.165, 1.54) is 18.7 Å². The fourth-order valence-corrected chi connectivity index (χ4v) is 3.14. The van der Waals surface area contributed by atoms with E-state index in [2.05, 4.69) is 26.8 Å². The number of aromatic amines is 1. The average Bonchev–Trinajstić information content (AvgIpc) is 2.57. The highest BCUT2D eigenvalue weighted by Gasteiger charge is 2.23. The monoisotopic (exact) mass is 336 g/mol. The first-order valence-electron chi connectivity index (χ1n) is 7.75. The number of H-pyrrole nitrogens is 1. The van der Waals surface area contributed by atoms with Crippen molar-refractivity contribution in [1.29, 1.82) is 0 Å². The van der Waals surface area contributed by atoms with Gasteiger partial charge in [0.05, 0.1) is 0 Å². The molecule has 3 rings (SSSR count). The van der Waals surface area contributed by atoms with Crippen molar-refractivity contribution in [1.82, 2.24) is 15.0 Å². The van der Waals surface area contributed by atoms with Crippen LogP contribution < -0.4 is 10.5 Å². The zero-order valence-corrected chi connectivity index (χ0v) is 13.6. The van der Waals surface area contributed by atoms with E-state index in [1.807, 2.05) is 0 Å². The molecule has 23 heavy (non-hydrogen) atoms. The predicted octanol–water partition coefficient (Wildman–Crippen LogP) is 3.25. The minimum absolute atomic E-state index is 0.0834. The van der Waals surface area contributed by atoms with Gasteiger partial charge in [-0.1, -0.05) is 24.9 Å². The third kappa shape index (κ3) is 3.37. The Morgan fingerprint density at radius 3 is 3.09 bits per heavy atom. The quantitative estimate of drug-likeness (QED) is 0.874. The summed E-state index contributed by atoms with van der Waals surface area (Å²) in [6, 6.07) is 2.84. The molecule has 2 aromatic heterocycles. The lowest BCUT2D eigenvalue weighted by Crippen LogP contribution is -2.37. The van der Waals surface area contributed by atoms with Crippen LogP contribution in [0.4, 0.5) is 10.2 Å². The van der Waals surface area contributed by atoms with Gasteiger partial charge in [0.2, 0.25) is 5.95 Å². The molecular weight excluding hydrogens is 319 g/mol. The largest absolute Gasteiger partial charge is 0.355 e. The van der Waals surface area contributed by atoms with Crippen molar-refractivity contribution >= 4 is 17.4 Å². The lowest BCUT2D eigenvalue weighted by Gasteiger charge is -2.33. The van der Waals surface area contributed by atoms with E-state index in [0.717, 1.165) is 25.9 Å². The van der Waals surface area contributed by atoms with Crippen molar-refractivity contribution in [3.8, 4) is 11.4 Å². The van der Waals surface area contributed by atoms with Gasteiger partial charge in [0.1, 0.15) is 10.8 Å². The van der Waals surface area contributed by atoms with Crippen molar-refractivity contribution in [2.24, 2.45) is 5.92 Å². The fourth-order valence-electron chi connectivity index (χ4n) is 2.93. The van der Waals surface area contributed by atoms with Crippen molar-refractivity contribution < 1.29 is 4.39 Å². The summed E-state index contributed by atoms with van der Waals surface area (Å²) in [6.07, 6.45) is 4.64. The summed E-state index contributed by atoms with van der Waals surface area (Å²) in [4.78, 5) is 24.8. The van der Waals surface area contributed by atoms with Crippen molar-refractivity contribution in [2.75, 3.05) is 18.0 Å². The summed E-state index contributed by atoms with van der Waals surface area (Å²) < 4.78 is 13.3. The Balaban J connectivity index is 2.02. The van der Waals surface area contributed by atoms with E-state index < -0.39 is 11.5 Å². The molecule has 0 saturated carbocycles. The van der Waals surface area contributed by atoms with Crippen LogP contribution in [-0.2, 0) is 0 Å². The first kappa shape index (κ1) is 15.9. The molecule has 0 aliphatic carbocycles. The molecule has 1 saturated heterocycles. The summed E-state index contributed by atoms with van der Waals surface area (Å²) in [7, 11) is 0. The molecule has 0 amide bonds. The Morgan fingerprint density at radius 1 is 1.52 bits per heavy atom. The lowest BCUT2D eigenvalue weighted by atomic mass is 9.96. The van der Waals surface area contributed by atoms with E-state index in [1.54, 1.807) is 6.07 Å². The van der Waals surface area contributed by atoms with Crippen molar-refractivity contribution in [3.05, 3.63) is 39.7 Å². The molecule has 7 heteroatoms. The Kier molecular flexibility index (Phi) is 4.61. The topological polar surface area (TPSA) is 61.9 Å². The summed E-state index contributed by atoms with van der Waals surface area (Å²) in [6.45, 7) is 3.81. The molecule has 0 radical (unpaired) electrons. The highest BCUT2D eigenvalue weighted by atomic mass is 35.5. The van der Waals surface area contributed by atoms with Crippen LogP contribution in [0.1, 0.15) is 26.2 Å². The number of aromatic nitrogens is 3. The summed E-state index contributed by atoms with van der Waals surface area (Å²) in [5.41, 5.74) is 0.0547. The van der Waals surface area contributed by atoms with Gasteiger partial charge in [0.25, 0.3) is 5.56 Å². The molecule has 0 unspecified atom stereocenters. The van der Waals surface area contributed by atoms with Gasteiger partial charge in [-0.15, -0.1) is 0 Å². The predicted molar refractivity (Wildman–Crippen MR) is 88.3 cm³/mol. The molecule has 3 heterocycles. The lowest BCUT2D eigenvalue weighted by molar-refractivity contribution is 0.403. The number of piperidine rings is 1. The molecule has 0 aromatic carbocycles. The second-order valence-corrected chi connectivity index (χ2v) is 6.16. The maximum atomic E-state index is 13.3. The number of hydrogen-bond acceptors (Lipinski definition) is 4. The molecule has 5 nitrogen and oxygen atoms in total. The van der Waals surface area contributed by atoms with Crippen LogP contribution in [0.2, 0.25) is 5.02 Å². The SMILES string of the molecule is CC[C@@H]1CCCN(c2nc(-c3ccnc(F)c3)[nH]c(=O)c2Cl)C1. The number of halogens is 2. The second-order valence-electron chi connectivity index (χ2n) is 5.78. The van der Waals surface area contributed by atoms with Crippen LogP contribution in [-0.4, -0.2) is 28.0 Å². The molecule has 122 valence electrons. The third-order valence-electron chi connectivity index (χ3n) is 4.24. The minimum Gasteiger partial charge on any atom is -0.355 e. The molecule has 2 aromatic rings. The van der Waals surface area contributed by atoms with Gasteiger partial charge >= 0.3 is 0 Å². The third-order valence-corrected chi connectivity index (χ3v) is 4.58. The summed E-state index contributed by atoms with van der Waals surface area (Å²) in [5.74, 6) is 0.725. The number of rotatable bonds is 3. The average molecular weight is 337 g/mol. The highest BCUT2D eigenvalue weighted by Crippen LogP contribution is 2.28. The van der Waals surface area contributed by atoms with Crippen LogP contribution in [0, 0.1) is 11.9 Å². The standard InChI is InChI=1S/C16H18ClFN4O/c1-2-10-4-3-7-22(9-10)15-13(17)16(23)21-14(20-15)11-5-6-19-12(18)8-11/h5-6,8,10H,2-4,7,9H2,1H3,(H,20,21,23)/t10-/m1/s1. The molecule has 0 bridgehead atoms. The Hall–Kier alpha value is -1.95. The van der Waals surface area contributed by atoms with Gasteiger partial charge in [-0.2, -0.15) is 4.39 Å². The normalized spacial score (nSPS) is 18.2. The number of nitrogens with one attached hydrogen (secondary N) is 1. The zero-order valence-electron chi connectivity index (χ0n) is 12.9. The van der Waals surface area contributed by atoms with Gasteiger partial charge in [-0.25, -0.2) is 9.97 Å². The Morgan fingerprint density at radius 2 is 2.35 bits per heavy atom. The maximum absolute atomic E-state index is 13.3. The summed E-state index contributed by atoms with van der Waals surface area (Å²) in [5, 5.41) is 0.0834. The number of nitrogens with zero attached hydrogens (tertiary/aromatic N) is 3. The Labute approximate surface area is 138 Å². The second kappa shape index (κ2) is 6.66. The molecule has 1 N–H and O–H groups in total. The van der Waals surface area contributed by atoms with Gasteiger partial charge in [-0.3, -0.25) is 4.79 Å². The smallest absolute Gasteiger partial charge is 0.272 e. The molecule has 0 spiro atoms. The molecule has 1 atom stereocenters. The van der Waals surface area contributed by atoms with Crippen LogP contribution in [0.25, 0.3) is 11.4 Å². The van der Waals surface area contributed by atoms with Crippen LogP contribution in [0.5, 0.6) is 0 Å². The highest BCUT2D eigenvalue weighted by molar-refractivity contribution is 6.32. The Bertz CT molecular complexity index is 764. The van der Waals surface area contributed by atoms with E-state index >= 15 is 0 Å². The van der Waals surface area contributed by atoms with E-state index in [9.17, 15) is 9.18 Å². The van der Waals surface area contributed by atoms with E-state index in [-0.39, 0.29) is 5.02 Å². The number of hydrogen-bond donors (Lipinski definition) is 1. The van der Waals surface area contributed by atoms with Crippen LogP contribution in [0.3, 0.4) is 0 Å². The first-order valence-corrected chi connectivity index (χ1v) is 8.13. The van der Waals surface area contributed by atoms with E-state index in [4.69, 9.17) is 11.6 Å². The van der Waals surface area contributed by atoms with Crippen LogP contribution in [0.15, 0.2) is 23.1 Å². The fraction of sp³-hybridized carbons (Fsp3) is 0.438. The number of anilines is 1.